The highest BCUT2D eigenvalue weighted by molar-refractivity contribution is 5.66. The van der Waals surface area contributed by atoms with Gasteiger partial charge in [-0.15, -0.1) is 0 Å². The maximum Gasteiger partial charge on any atom is 0.302 e. The van der Waals surface area contributed by atoms with E-state index in [9.17, 15) is 20.1 Å². The molecule has 2 rings (SSSR count). The van der Waals surface area contributed by atoms with Crippen LogP contribution in [0, 0.1) is 0 Å². The monoisotopic (exact) mass is 420 g/mol. The molecule has 1 saturated heterocycles. The van der Waals surface area contributed by atoms with Crippen molar-refractivity contribution in [3.63, 3.8) is 0 Å². The molecule has 0 aromatic carbocycles. The zero-order chi connectivity index (χ0) is 22.5. The van der Waals surface area contributed by atoms with Crippen molar-refractivity contribution in [1.29, 1.82) is 0 Å². The molecular weight excluding hydrogens is 384 g/mol. The summed E-state index contributed by atoms with van der Waals surface area (Å²) in [5.41, 5.74) is 2.82. The van der Waals surface area contributed by atoms with Crippen LogP contribution in [0.3, 0.4) is 0 Å². The van der Waals surface area contributed by atoms with E-state index in [0.717, 1.165) is 31.3 Å². The van der Waals surface area contributed by atoms with Gasteiger partial charge in [0, 0.05) is 6.92 Å². The van der Waals surface area contributed by atoms with Gasteiger partial charge in [0.15, 0.2) is 5.60 Å². The summed E-state index contributed by atoms with van der Waals surface area (Å²) < 4.78 is 10.5. The summed E-state index contributed by atoms with van der Waals surface area (Å²) in [7, 11) is 0. The number of ether oxygens (including phenoxy) is 2. The van der Waals surface area contributed by atoms with Gasteiger partial charge in [0.25, 0.3) is 0 Å². The predicted molar refractivity (Wildman–Crippen MR) is 116 cm³/mol. The largest absolute Gasteiger partial charge is 0.461 e. The first kappa shape index (κ1) is 24.5. The van der Waals surface area contributed by atoms with E-state index in [1.165, 1.54) is 24.1 Å². The molecule has 6 heteroatoms. The molecule has 0 amide bonds. The summed E-state index contributed by atoms with van der Waals surface area (Å²) >= 11 is 0. The Hall–Kier alpha value is -1.73. The van der Waals surface area contributed by atoms with Gasteiger partial charge >= 0.3 is 5.97 Å². The van der Waals surface area contributed by atoms with Crippen molar-refractivity contribution in [1.82, 2.24) is 0 Å². The molecule has 3 N–H and O–H groups in total. The van der Waals surface area contributed by atoms with Gasteiger partial charge in [0.05, 0.1) is 0 Å². The van der Waals surface area contributed by atoms with E-state index in [2.05, 4.69) is 32.9 Å². The van der Waals surface area contributed by atoms with Gasteiger partial charge in [-0.25, -0.2) is 0 Å². The Balaban J connectivity index is 1.92. The molecule has 0 aromatic rings. The van der Waals surface area contributed by atoms with Crippen molar-refractivity contribution in [2.75, 3.05) is 6.61 Å². The molecule has 0 spiro atoms. The third-order valence-corrected chi connectivity index (χ3v) is 5.69. The zero-order valence-corrected chi connectivity index (χ0v) is 18.7. The molecule has 1 fully saturated rings. The number of aliphatic hydroxyl groups excluding tert-OH is 3. The highest BCUT2D eigenvalue weighted by Crippen LogP contribution is 2.50. The van der Waals surface area contributed by atoms with Crippen LogP contribution in [0.15, 0.2) is 46.6 Å². The van der Waals surface area contributed by atoms with Gasteiger partial charge in [-0.3, -0.25) is 4.79 Å². The van der Waals surface area contributed by atoms with Crippen molar-refractivity contribution in [3.05, 3.63) is 46.6 Å². The molecule has 1 heterocycles. The minimum atomic E-state index is -1.24. The van der Waals surface area contributed by atoms with Crippen LogP contribution in [0.5, 0.6) is 0 Å². The number of fused-ring (bicyclic) bond motifs is 1. The number of carbonyl (C=O) groups is 1. The summed E-state index contributed by atoms with van der Waals surface area (Å²) in [5, 5.41) is 31.7. The van der Waals surface area contributed by atoms with Crippen LogP contribution in [0.25, 0.3) is 0 Å². The first-order valence-corrected chi connectivity index (χ1v) is 10.6. The lowest BCUT2D eigenvalue weighted by Crippen LogP contribution is -2.48. The highest BCUT2D eigenvalue weighted by atomic mass is 16.6. The minimum absolute atomic E-state index is 0.103. The Morgan fingerprint density at radius 3 is 2.40 bits per heavy atom. The van der Waals surface area contributed by atoms with Crippen LogP contribution in [0.2, 0.25) is 0 Å². The van der Waals surface area contributed by atoms with Crippen LogP contribution >= 0.6 is 0 Å². The van der Waals surface area contributed by atoms with Crippen LogP contribution in [0.4, 0.5) is 0 Å². The van der Waals surface area contributed by atoms with Crippen molar-refractivity contribution in [2.45, 2.75) is 90.3 Å². The first-order chi connectivity index (χ1) is 14.1. The summed E-state index contributed by atoms with van der Waals surface area (Å²) in [6.45, 7) is 9.45. The van der Waals surface area contributed by atoms with Gasteiger partial charge in [0.2, 0.25) is 0 Å². The van der Waals surface area contributed by atoms with Gasteiger partial charge in [-0.05, 0) is 65.0 Å². The Kier molecular flexibility index (Phi) is 8.62. The average Bonchev–Trinajstić information content (AvgIpc) is 3.41. The quantitative estimate of drug-likeness (QED) is 0.285. The van der Waals surface area contributed by atoms with Crippen LogP contribution in [-0.2, 0) is 14.3 Å². The van der Waals surface area contributed by atoms with E-state index in [0.29, 0.717) is 5.57 Å². The highest BCUT2D eigenvalue weighted by Gasteiger charge is 2.69. The Morgan fingerprint density at radius 2 is 1.77 bits per heavy atom. The average molecular weight is 421 g/mol. The molecule has 168 valence electrons. The number of hydrogen-bond acceptors (Lipinski definition) is 6. The molecule has 0 aromatic heterocycles. The molecule has 1 aliphatic heterocycles. The van der Waals surface area contributed by atoms with Crippen molar-refractivity contribution >= 4 is 5.97 Å². The van der Waals surface area contributed by atoms with Crippen molar-refractivity contribution in [3.8, 4) is 0 Å². The van der Waals surface area contributed by atoms with E-state index in [1.54, 1.807) is 6.08 Å². The lowest BCUT2D eigenvalue weighted by atomic mass is 9.81. The second-order valence-corrected chi connectivity index (χ2v) is 8.67. The lowest BCUT2D eigenvalue weighted by Gasteiger charge is -2.28. The Labute approximate surface area is 179 Å². The third kappa shape index (κ3) is 6.14. The topological polar surface area (TPSA) is 99.5 Å². The smallest absolute Gasteiger partial charge is 0.302 e. The van der Waals surface area contributed by atoms with Gasteiger partial charge < -0.3 is 24.8 Å². The van der Waals surface area contributed by atoms with Crippen LogP contribution in [0.1, 0.15) is 60.3 Å². The molecule has 1 aliphatic carbocycles. The van der Waals surface area contributed by atoms with Gasteiger partial charge in [0.1, 0.15) is 31.0 Å². The van der Waals surface area contributed by atoms with Crippen LogP contribution in [-0.4, -0.2) is 57.9 Å². The fourth-order valence-corrected chi connectivity index (χ4v) is 3.81. The minimum Gasteiger partial charge on any atom is -0.461 e. The predicted octanol–water partition coefficient (Wildman–Crippen LogP) is 3.13. The number of esters is 1. The summed E-state index contributed by atoms with van der Waals surface area (Å²) in [6.07, 6.45) is 7.47. The normalized spacial score (nSPS) is 29.6. The first-order valence-electron chi connectivity index (χ1n) is 10.6. The fourth-order valence-electron chi connectivity index (χ4n) is 3.81. The summed E-state index contributed by atoms with van der Waals surface area (Å²) in [5.74, 6) is -0.467. The summed E-state index contributed by atoms with van der Waals surface area (Å²) in [6, 6.07) is 0. The van der Waals surface area contributed by atoms with Gasteiger partial charge in [-0.2, -0.15) is 0 Å². The molecule has 0 saturated carbocycles. The number of rotatable bonds is 10. The number of aliphatic hydroxyl groups is 3. The standard InChI is InChI=1S/C24H36O6/c1-15(2)8-6-9-16(3)10-7-11-17(4)12-20(26)24-21(27)13-19(14-29-18(5)25)22(28)23(24)30-24/h8,10,12-13,20-23,26-28H,6-7,9,11,14H2,1-5H3. The second kappa shape index (κ2) is 10.5. The van der Waals surface area contributed by atoms with E-state index in [4.69, 9.17) is 9.47 Å². The maximum atomic E-state index is 11.0. The van der Waals surface area contributed by atoms with Crippen molar-refractivity contribution in [2.24, 2.45) is 0 Å². The van der Waals surface area contributed by atoms with E-state index in [-0.39, 0.29) is 6.61 Å². The number of allylic oxidation sites excluding steroid dienone is 5. The SMILES string of the molecule is CC(=O)OCC1=CC(O)C2(C(O)C=C(C)CCC=C(C)CCC=C(C)C)OC2C1O. The molecule has 2 aliphatic rings. The molecule has 30 heavy (non-hydrogen) atoms. The molecule has 0 bridgehead atoms. The van der Waals surface area contributed by atoms with Crippen molar-refractivity contribution < 1.29 is 29.6 Å². The zero-order valence-electron chi connectivity index (χ0n) is 18.7. The number of hydrogen-bond donors (Lipinski definition) is 3. The molecule has 5 atom stereocenters. The Morgan fingerprint density at radius 1 is 1.13 bits per heavy atom. The van der Waals surface area contributed by atoms with Crippen LogP contribution < -0.4 is 0 Å². The van der Waals surface area contributed by atoms with E-state index in [1.807, 2.05) is 6.92 Å². The summed E-state index contributed by atoms with van der Waals surface area (Å²) in [4.78, 5) is 11.0. The number of carbonyl (C=O) groups excluding carboxylic acids is 1. The lowest BCUT2D eigenvalue weighted by molar-refractivity contribution is -0.140. The van der Waals surface area contributed by atoms with E-state index < -0.39 is 36.0 Å². The molecule has 6 nitrogen and oxygen atoms in total. The molecule has 0 radical (unpaired) electrons. The maximum absolute atomic E-state index is 11.0. The molecular formula is C24H36O6. The third-order valence-electron chi connectivity index (χ3n) is 5.69. The number of epoxide rings is 1. The van der Waals surface area contributed by atoms with Gasteiger partial charge in [-0.1, -0.05) is 34.9 Å². The fraction of sp³-hybridized carbons (Fsp3) is 0.625. The Bertz CT molecular complexity index is 743. The molecule has 5 unspecified atom stereocenters. The van der Waals surface area contributed by atoms with E-state index >= 15 is 0 Å². The second-order valence-electron chi connectivity index (χ2n) is 8.67.